The number of hydrogen-bond donors (Lipinski definition) is 0. The molecular weight excluding hydrogens is 454 g/mol. The predicted octanol–water partition coefficient (Wildman–Crippen LogP) is 3.53. The minimum Gasteiger partial charge on any atom is -0.337 e. The van der Waals surface area contributed by atoms with Crippen LogP contribution in [0, 0.1) is 18.6 Å². The lowest BCUT2D eigenvalue weighted by Crippen LogP contribution is -2.32. The summed E-state index contributed by atoms with van der Waals surface area (Å²) in [6, 6.07) is 10.4. The summed E-state index contributed by atoms with van der Waals surface area (Å²) in [4.78, 5) is 18.2. The average Bonchev–Trinajstić information content (AvgIpc) is 3.20. The van der Waals surface area contributed by atoms with Crippen molar-refractivity contribution in [3.63, 3.8) is 0 Å². The zero-order chi connectivity index (χ0) is 24.2. The highest BCUT2D eigenvalue weighted by Crippen LogP contribution is 2.22. The van der Waals surface area contributed by atoms with E-state index in [0.29, 0.717) is 5.82 Å². The number of carbonyl (C=O) groups excluding carboxylic acids is 1. The standard InChI is InChI=1S/C22H24F2N4O4S/c1-15-7-4-5-8-17(15)22-25-20(32-26-22)14-27(2)21(29)9-6-12-28(33(3,30)31)16-10-11-18(23)19(24)13-16/h4-5,7-8,10-11,13H,6,9,12,14H2,1-3H3. The first kappa shape index (κ1) is 24.3. The highest BCUT2D eigenvalue weighted by Gasteiger charge is 2.20. The fourth-order valence-electron chi connectivity index (χ4n) is 3.23. The van der Waals surface area contributed by atoms with Crippen LogP contribution in [0.5, 0.6) is 0 Å². The molecule has 3 rings (SSSR count). The maximum Gasteiger partial charge on any atom is 0.246 e. The quantitative estimate of drug-likeness (QED) is 0.467. The van der Waals surface area contributed by atoms with Gasteiger partial charge in [0.1, 0.15) is 0 Å². The van der Waals surface area contributed by atoms with Crippen LogP contribution in [-0.4, -0.2) is 49.2 Å². The van der Waals surface area contributed by atoms with Crippen molar-refractivity contribution in [1.29, 1.82) is 0 Å². The van der Waals surface area contributed by atoms with Crippen molar-refractivity contribution >= 4 is 21.6 Å². The lowest BCUT2D eigenvalue weighted by molar-refractivity contribution is -0.130. The largest absolute Gasteiger partial charge is 0.337 e. The molecule has 0 spiro atoms. The third-order valence-corrected chi connectivity index (χ3v) is 6.19. The van der Waals surface area contributed by atoms with Gasteiger partial charge in [-0.25, -0.2) is 17.2 Å². The van der Waals surface area contributed by atoms with Crippen LogP contribution < -0.4 is 4.31 Å². The molecule has 0 saturated heterocycles. The molecule has 0 aliphatic rings. The van der Waals surface area contributed by atoms with Crippen molar-refractivity contribution in [1.82, 2.24) is 15.0 Å². The van der Waals surface area contributed by atoms with Crippen LogP contribution in [0.3, 0.4) is 0 Å². The number of benzene rings is 2. The van der Waals surface area contributed by atoms with Gasteiger partial charge in [0.25, 0.3) is 0 Å². The summed E-state index contributed by atoms with van der Waals surface area (Å²) in [5, 5.41) is 3.96. The molecule has 176 valence electrons. The molecule has 3 aromatic rings. The summed E-state index contributed by atoms with van der Waals surface area (Å²) in [5.41, 5.74) is 1.82. The van der Waals surface area contributed by atoms with E-state index in [0.717, 1.165) is 33.8 Å². The van der Waals surface area contributed by atoms with Crippen molar-refractivity contribution in [2.45, 2.75) is 26.3 Å². The van der Waals surface area contributed by atoms with Crippen LogP contribution in [-0.2, 0) is 21.4 Å². The van der Waals surface area contributed by atoms with Crippen LogP contribution in [0.25, 0.3) is 11.4 Å². The molecule has 0 atom stereocenters. The predicted molar refractivity (Wildman–Crippen MR) is 119 cm³/mol. The molecule has 0 unspecified atom stereocenters. The second-order valence-electron chi connectivity index (χ2n) is 7.61. The summed E-state index contributed by atoms with van der Waals surface area (Å²) in [6.45, 7) is 1.96. The second kappa shape index (κ2) is 10.1. The fourth-order valence-corrected chi connectivity index (χ4v) is 4.19. The first-order valence-electron chi connectivity index (χ1n) is 10.1. The summed E-state index contributed by atoms with van der Waals surface area (Å²) < 4.78 is 57.1. The Hall–Kier alpha value is -3.34. The number of hydrogen-bond acceptors (Lipinski definition) is 6. The van der Waals surface area contributed by atoms with Gasteiger partial charge in [-0.05, 0) is 31.0 Å². The van der Waals surface area contributed by atoms with Gasteiger partial charge in [0.05, 0.1) is 18.5 Å². The summed E-state index contributed by atoms with van der Waals surface area (Å²) in [5.74, 6) is -1.79. The van der Waals surface area contributed by atoms with Crippen molar-refractivity contribution in [2.24, 2.45) is 0 Å². The van der Waals surface area contributed by atoms with Gasteiger partial charge in [-0.15, -0.1) is 0 Å². The number of carbonyl (C=O) groups is 1. The lowest BCUT2D eigenvalue weighted by Gasteiger charge is -2.23. The molecule has 2 aromatic carbocycles. The molecule has 8 nitrogen and oxygen atoms in total. The fraction of sp³-hybridized carbons (Fsp3) is 0.318. The Labute approximate surface area is 190 Å². The molecule has 0 aliphatic carbocycles. The number of halogens is 2. The number of anilines is 1. The van der Waals surface area contributed by atoms with Gasteiger partial charge in [-0.1, -0.05) is 29.4 Å². The van der Waals surface area contributed by atoms with Crippen molar-refractivity contribution in [2.75, 3.05) is 24.2 Å². The van der Waals surface area contributed by atoms with Crippen LogP contribution in [0.4, 0.5) is 14.5 Å². The van der Waals surface area contributed by atoms with Crippen molar-refractivity contribution in [3.8, 4) is 11.4 Å². The zero-order valence-corrected chi connectivity index (χ0v) is 19.3. The summed E-state index contributed by atoms with van der Waals surface area (Å²) in [7, 11) is -2.18. The monoisotopic (exact) mass is 478 g/mol. The molecule has 0 fully saturated rings. The van der Waals surface area contributed by atoms with Gasteiger partial charge in [-0.2, -0.15) is 4.98 Å². The molecule has 0 N–H and O–H groups in total. The van der Waals surface area contributed by atoms with Gasteiger partial charge in [0, 0.05) is 31.6 Å². The number of nitrogens with zero attached hydrogens (tertiary/aromatic N) is 4. The number of sulfonamides is 1. The van der Waals surface area contributed by atoms with E-state index >= 15 is 0 Å². The van der Waals surface area contributed by atoms with Gasteiger partial charge in [0.2, 0.25) is 27.6 Å². The maximum absolute atomic E-state index is 13.5. The first-order chi connectivity index (χ1) is 15.6. The average molecular weight is 479 g/mol. The Morgan fingerprint density at radius 2 is 1.85 bits per heavy atom. The highest BCUT2D eigenvalue weighted by molar-refractivity contribution is 7.92. The van der Waals surface area contributed by atoms with Crippen molar-refractivity contribution in [3.05, 3.63) is 65.6 Å². The Balaban J connectivity index is 1.58. The first-order valence-corrected chi connectivity index (χ1v) is 12.0. The highest BCUT2D eigenvalue weighted by atomic mass is 32.2. The molecule has 1 amide bonds. The van der Waals surface area contributed by atoms with Crippen LogP contribution in [0.2, 0.25) is 0 Å². The lowest BCUT2D eigenvalue weighted by atomic mass is 10.1. The van der Waals surface area contributed by atoms with E-state index in [1.165, 1.54) is 11.0 Å². The third-order valence-electron chi connectivity index (χ3n) is 5.00. The van der Waals surface area contributed by atoms with E-state index in [-0.39, 0.29) is 43.4 Å². The minimum absolute atomic E-state index is 0.00759. The molecule has 11 heteroatoms. The molecule has 0 saturated carbocycles. The van der Waals surface area contributed by atoms with Crippen molar-refractivity contribution < 1.29 is 26.5 Å². The summed E-state index contributed by atoms with van der Waals surface area (Å²) >= 11 is 0. The van der Waals surface area contributed by atoms with E-state index in [2.05, 4.69) is 10.1 Å². The molecule has 0 bridgehead atoms. The SMILES string of the molecule is Cc1ccccc1-c1noc(CN(C)C(=O)CCCN(c2ccc(F)c(F)c2)S(C)(=O)=O)n1. The third kappa shape index (κ3) is 6.13. The molecule has 1 heterocycles. The maximum atomic E-state index is 13.5. The Morgan fingerprint density at radius 3 is 2.52 bits per heavy atom. The van der Waals surface area contributed by atoms with Crippen LogP contribution >= 0.6 is 0 Å². The summed E-state index contributed by atoms with van der Waals surface area (Å²) in [6.07, 6.45) is 1.17. The number of rotatable bonds is 9. The minimum atomic E-state index is -3.76. The van der Waals surface area contributed by atoms with E-state index in [1.807, 2.05) is 31.2 Å². The number of amides is 1. The van der Waals surface area contributed by atoms with E-state index in [1.54, 1.807) is 7.05 Å². The number of aromatic nitrogens is 2. The Kier molecular flexibility index (Phi) is 7.42. The normalized spacial score (nSPS) is 11.4. The molecule has 1 aromatic heterocycles. The second-order valence-corrected chi connectivity index (χ2v) is 9.52. The van der Waals surface area contributed by atoms with Crippen LogP contribution in [0.15, 0.2) is 47.0 Å². The molecule has 0 aliphatic heterocycles. The molecule has 33 heavy (non-hydrogen) atoms. The van der Waals surface area contributed by atoms with Gasteiger partial charge < -0.3 is 9.42 Å². The van der Waals surface area contributed by atoms with Gasteiger partial charge in [0.15, 0.2) is 11.6 Å². The molecule has 0 radical (unpaired) electrons. The van der Waals surface area contributed by atoms with E-state index < -0.39 is 21.7 Å². The van der Waals surface area contributed by atoms with E-state index in [4.69, 9.17) is 4.52 Å². The zero-order valence-electron chi connectivity index (χ0n) is 18.5. The smallest absolute Gasteiger partial charge is 0.246 e. The van der Waals surface area contributed by atoms with Crippen LogP contribution in [0.1, 0.15) is 24.3 Å². The topological polar surface area (TPSA) is 96.6 Å². The van der Waals surface area contributed by atoms with Gasteiger partial charge in [-0.3, -0.25) is 9.10 Å². The van der Waals surface area contributed by atoms with E-state index in [9.17, 15) is 22.0 Å². The Morgan fingerprint density at radius 1 is 1.12 bits per heavy atom. The molecular formula is C22H24F2N4O4S. The van der Waals surface area contributed by atoms with Gasteiger partial charge >= 0.3 is 0 Å². The number of aryl methyl sites for hydroxylation is 1. The Bertz CT molecular complexity index is 1250.